The minimum Gasteiger partial charge on any atom is -0.493 e. The molecule has 30 heavy (non-hydrogen) atoms. The van der Waals surface area contributed by atoms with Crippen LogP contribution >= 0.6 is 11.3 Å². The molecule has 154 valence electrons. The molecule has 1 atom stereocenters. The smallest absolute Gasteiger partial charge is 0.275 e. The molecule has 0 aliphatic carbocycles. The molecular formula is C23H24N4O2S. The maximum atomic E-state index is 12.9. The number of aromatic nitrogens is 1. The second kappa shape index (κ2) is 8.08. The van der Waals surface area contributed by atoms with Crippen LogP contribution in [-0.2, 0) is 6.42 Å². The topological polar surface area (TPSA) is 66.5 Å². The molecule has 2 N–H and O–H groups in total. The number of thiazole rings is 1. The number of hydrogen-bond acceptors (Lipinski definition) is 6. The van der Waals surface area contributed by atoms with Gasteiger partial charge in [0.05, 0.1) is 18.0 Å². The van der Waals surface area contributed by atoms with Gasteiger partial charge in [-0.3, -0.25) is 4.79 Å². The zero-order valence-electron chi connectivity index (χ0n) is 16.9. The van der Waals surface area contributed by atoms with Gasteiger partial charge in [0.1, 0.15) is 16.5 Å². The average molecular weight is 421 g/mol. The number of hydrogen-bond donors (Lipinski definition) is 2. The number of carbonyl (C=O) groups is 1. The van der Waals surface area contributed by atoms with Crippen molar-refractivity contribution >= 4 is 28.6 Å². The van der Waals surface area contributed by atoms with Gasteiger partial charge in [0.15, 0.2) is 0 Å². The van der Waals surface area contributed by atoms with Crippen molar-refractivity contribution in [2.24, 2.45) is 0 Å². The summed E-state index contributed by atoms with van der Waals surface area (Å²) < 4.78 is 5.58. The Balaban J connectivity index is 1.34. The molecule has 1 aromatic heterocycles. The summed E-state index contributed by atoms with van der Waals surface area (Å²) in [6, 6.07) is 14.5. The first-order valence-electron chi connectivity index (χ1n) is 10.3. The predicted octanol–water partition coefficient (Wildman–Crippen LogP) is 3.80. The van der Waals surface area contributed by atoms with Gasteiger partial charge < -0.3 is 20.3 Å². The summed E-state index contributed by atoms with van der Waals surface area (Å²) in [6.07, 6.45) is 0.920. The van der Waals surface area contributed by atoms with Crippen molar-refractivity contribution in [3.63, 3.8) is 0 Å². The maximum absolute atomic E-state index is 12.9. The summed E-state index contributed by atoms with van der Waals surface area (Å²) in [5.41, 5.74) is 4.54. The summed E-state index contributed by atoms with van der Waals surface area (Å²) in [7, 11) is 0. The van der Waals surface area contributed by atoms with Crippen molar-refractivity contribution in [1.82, 2.24) is 10.3 Å². The molecule has 0 radical (unpaired) electrons. The molecule has 6 nitrogen and oxygen atoms in total. The first kappa shape index (κ1) is 19.1. The maximum Gasteiger partial charge on any atom is 0.275 e. The zero-order chi connectivity index (χ0) is 20.5. The Kier molecular flexibility index (Phi) is 5.14. The first-order chi connectivity index (χ1) is 14.7. The van der Waals surface area contributed by atoms with Gasteiger partial charge in [-0.2, -0.15) is 0 Å². The molecule has 0 bridgehead atoms. The number of nitrogens with zero attached hydrogens (tertiary/aromatic N) is 2. The number of carbonyl (C=O) groups excluding carboxylic acids is 1. The lowest BCUT2D eigenvalue weighted by Crippen LogP contribution is -2.49. The second-order valence-electron chi connectivity index (χ2n) is 7.73. The highest BCUT2D eigenvalue weighted by molar-refractivity contribution is 7.13. The van der Waals surface area contributed by atoms with Gasteiger partial charge in [-0.25, -0.2) is 4.98 Å². The quantitative estimate of drug-likeness (QED) is 0.672. The molecule has 0 spiro atoms. The number of anilines is 2. The molecule has 1 fully saturated rings. The third-order valence-electron chi connectivity index (χ3n) is 5.53. The van der Waals surface area contributed by atoms with Crippen molar-refractivity contribution in [2.75, 3.05) is 36.5 Å². The van der Waals surface area contributed by atoms with E-state index >= 15 is 0 Å². The highest BCUT2D eigenvalue weighted by Crippen LogP contribution is 2.32. The Morgan fingerprint density at radius 3 is 3.10 bits per heavy atom. The van der Waals surface area contributed by atoms with Gasteiger partial charge in [-0.15, -0.1) is 11.3 Å². The van der Waals surface area contributed by atoms with E-state index in [1.54, 1.807) is 0 Å². The van der Waals surface area contributed by atoms with E-state index in [0.717, 1.165) is 60.4 Å². The van der Waals surface area contributed by atoms with Gasteiger partial charge in [-0.1, -0.05) is 12.1 Å². The number of fused-ring (bicyclic) bond motifs is 1. The van der Waals surface area contributed by atoms with Crippen molar-refractivity contribution in [3.05, 3.63) is 59.1 Å². The Labute approximate surface area is 179 Å². The van der Waals surface area contributed by atoms with Gasteiger partial charge in [0.2, 0.25) is 0 Å². The fraction of sp³-hybridized carbons (Fsp3) is 0.304. The van der Waals surface area contributed by atoms with Crippen LogP contribution in [0.2, 0.25) is 0 Å². The zero-order valence-corrected chi connectivity index (χ0v) is 17.7. The lowest BCUT2D eigenvalue weighted by Gasteiger charge is -2.34. The third kappa shape index (κ3) is 3.78. The monoisotopic (exact) mass is 420 g/mol. The summed E-state index contributed by atoms with van der Waals surface area (Å²) in [6.45, 7) is 5.67. The molecule has 0 unspecified atom stereocenters. The molecule has 7 heteroatoms. The Hall–Kier alpha value is -2.90. The number of piperazine rings is 1. The number of benzene rings is 2. The average Bonchev–Trinajstić information content (AvgIpc) is 3.43. The summed E-state index contributed by atoms with van der Waals surface area (Å²) in [5.74, 6) is 0.768. The largest absolute Gasteiger partial charge is 0.493 e. The molecule has 2 aromatic carbocycles. The number of para-hydroxylation sites is 2. The molecule has 3 aromatic rings. The molecule has 2 aliphatic heterocycles. The van der Waals surface area contributed by atoms with Gasteiger partial charge in [0, 0.05) is 43.0 Å². The van der Waals surface area contributed by atoms with E-state index in [-0.39, 0.29) is 5.91 Å². The minimum atomic E-state index is -0.183. The van der Waals surface area contributed by atoms with Crippen LogP contribution in [-0.4, -0.2) is 43.2 Å². The first-order valence-corrected chi connectivity index (χ1v) is 11.2. The second-order valence-corrected chi connectivity index (χ2v) is 8.59. The van der Waals surface area contributed by atoms with Gasteiger partial charge in [-0.05, 0) is 42.8 Å². The van der Waals surface area contributed by atoms with Crippen LogP contribution in [0.5, 0.6) is 5.75 Å². The molecule has 3 heterocycles. The summed E-state index contributed by atoms with van der Waals surface area (Å²) >= 11 is 1.49. The van der Waals surface area contributed by atoms with Crippen LogP contribution in [0.4, 0.5) is 11.4 Å². The SMILES string of the molecule is C[C@@H]1CN(c2ccccc2NC(=O)c2csc(-c3ccc4c(c3)CCO4)n2)CCN1. The van der Waals surface area contributed by atoms with E-state index in [0.29, 0.717) is 11.7 Å². The fourth-order valence-electron chi connectivity index (χ4n) is 4.02. The number of ether oxygens (including phenoxy) is 1. The summed E-state index contributed by atoms with van der Waals surface area (Å²) in [5, 5.41) is 9.19. The third-order valence-corrected chi connectivity index (χ3v) is 6.43. The number of rotatable bonds is 4. The van der Waals surface area contributed by atoms with Crippen molar-refractivity contribution in [2.45, 2.75) is 19.4 Å². The Bertz CT molecular complexity index is 1080. The van der Waals surface area contributed by atoms with E-state index in [1.165, 1.54) is 16.9 Å². The van der Waals surface area contributed by atoms with E-state index in [1.807, 2.05) is 35.7 Å². The van der Waals surface area contributed by atoms with Crippen LogP contribution in [0.1, 0.15) is 23.0 Å². The van der Waals surface area contributed by atoms with Gasteiger partial charge in [0.25, 0.3) is 5.91 Å². The molecule has 5 rings (SSSR count). The Morgan fingerprint density at radius 1 is 1.30 bits per heavy atom. The van der Waals surface area contributed by atoms with Crippen LogP contribution < -0.4 is 20.3 Å². The van der Waals surface area contributed by atoms with E-state index in [2.05, 4.69) is 39.6 Å². The standard InChI is InChI=1S/C23H24N4O2S/c1-15-13-27(10-9-24-15)20-5-3-2-4-18(20)25-22(28)19-14-30-23(26-19)17-6-7-21-16(12-17)8-11-29-21/h2-7,12,14-15,24H,8-11,13H2,1H3,(H,25,28)/t15-/m1/s1. The molecular weight excluding hydrogens is 396 g/mol. The highest BCUT2D eigenvalue weighted by Gasteiger charge is 2.20. The number of nitrogens with one attached hydrogen (secondary N) is 2. The minimum absolute atomic E-state index is 0.183. The number of amides is 1. The molecule has 1 amide bonds. The lowest BCUT2D eigenvalue weighted by atomic mass is 10.1. The van der Waals surface area contributed by atoms with Crippen molar-refractivity contribution in [1.29, 1.82) is 0 Å². The van der Waals surface area contributed by atoms with E-state index in [9.17, 15) is 4.79 Å². The van der Waals surface area contributed by atoms with Crippen LogP contribution in [0.3, 0.4) is 0 Å². The highest BCUT2D eigenvalue weighted by atomic mass is 32.1. The van der Waals surface area contributed by atoms with Crippen LogP contribution in [0, 0.1) is 0 Å². The van der Waals surface area contributed by atoms with Crippen LogP contribution in [0.15, 0.2) is 47.8 Å². The molecule has 2 aliphatic rings. The summed E-state index contributed by atoms with van der Waals surface area (Å²) in [4.78, 5) is 19.8. The fourth-order valence-corrected chi connectivity index (χ4v) is 4.82. The van der Waals surface area contributed by atoms with Crippen LogP contribution in [0.25, 0.3) is 10.6 Å². The normalized spacial score (nSPS) is 18.0. The molecule has 1 saturated heterocycles. The van der Waals surface area contributed by atoms with Crippen molar-refractivity contribution < 1.29 is 9.53 Å². The van der Waals surface area contributed by atoms with E-state index in [4.69, 9.17) is 4.74 Å². The van der Waals surface area contributed by atoms with E-state index < -0.39 is 0 Å². The predicted molar refractivity (Wildman–Crippen MR) is 121 cm³/mol. The lowest BCUT2D eigenvalue weighted by molar-refractivity contribution is 0.102. The van der Waals surface area contributed by atoms with Gasteiger partial charge >= 0.3 is 0 Å². The molecule has 0 saturated carbocycles. The van der Waals surface area contributed by atoms with Crippen molar-refractivity contribution in [3.8, 4) is 16.3 Å². The Morgan fingerprint density at radius 2 is 2.20 bits per heavy atom.